The van der Waals surface area contributed by atoms with Gasteiger partial charge in [0, 0.05) is 13.6 Å². The topological polar surface area (TPSA) is 85.0 Å². The van der Waals surface area contributed by atoms with E-state index in [4.69, 9.17) is 0 Å². The van der Waals surface area contributed by atoms with E-state index in [0.717, 1.165) is 32.5 Å². The molecule has 100 valence electrons. The standard InChI is InChI=1S/C11H19N5O2/c1-8-10(16(17)18)11(15(2)14-8)13-7-9-3-5-12-6-4-9/h9,12-13H,3-7H2,1-2H3. The van der Waals surface area contributed by atoms with Crippen molar-refractivity contribution in [2.24, 2.45) is 13.0 Å². The summed E-state index contributed by atoms with van der Waals surface area (Å²) in [7, 11) is 1.73. The first-order valence-corrected chi connectivity index (χ1v) is 6.22. The molecule has 1 aliphatic rings. The van der Waals surface area contributed by atoms with Gasteiger partial charge in [0.2, 0.25) is 5.82 Å². The van der Waals surface area contributed by atoms with Crippen molar-refractivity contribution in [2.75, 3.05) is 25.0 Å². The maximum absolute atomic E-state index is 11.0. The molecule has 0 aromatic carbocycles. The minimum Gasteiger partial charge on any atom is -0.364 e. The lowest BCUT2D eigenvalue weighted by molar-refractivity contribution is -0.384. The minimum atomic E-state index is -0.368. The fourth-order valence-electron chi connectivity index (χ4n) is 2.39. The summed E-state index contributed by atoms with van der Waals surface area (Å²) in [5, 5.41) is 21.6. The maximum Gasteiger partial charge on any atom is 0.333 e. The molecule has 1 saturated heterocycles. The van der Waals surface area contributed by atoms with E-state index in [-0.39, 0.29) is 10.6 Å². The van der Waals surface area contributed by atoms with Crippen LogP contribution in [0.3, 0.4) is 0 Å². The molecule has 0 amide bonds. The number of aryl methyl sites for hydroxylation is 2. The maximum atomic E-state index is 11.0. The summed E-state index contributed by atoms with van der Waals surface area (Å²) in [6.45, 7) is 4.48. The fraction of sp³-hybridized carbons (Fsp3) is 0.727. The molecular weight excluding hydrogens is 234 g/mol. The van der Waals surface area contributed by atoms with Crippen LogP contribution in [0.15, 0.2) is 0 Å². The van der Waals surface area contributed by atoms with Crippen molar-refractivity contribution >= 4 is 11.5 Å². The van der Waals surface area contributed by atoms with Gasteiger partial charge in [0.05, 0.1) is 4.92 Å². The number of nitrogens with zero attached hydrogens (tertiary/aromatic N) is 3. The highest BCUT2D eigenvalue weighted by molar-refractivity contribution is 5.59. The summed E-state index contributed by atoms with van der Waals surface area (Å²) in [5.41, 5.74) is 0.543. The molecule has 18 heavy (non-hydrogen) atoms. The Bertz CT molecular complexity index is 437. The number of nitro groups is 1. The third kappa shape index (κ3) is 2.61. The lowest BCUT2D eigenvalue weighted by atomic mass is 9.98. The fourth-order valence-corrected chi connectivity index (χ4v) is 2.39. The molecule has 0 radical (unpaired) electrons. The Morgan fingerprint density at radius 2 is 2.22 bits per heavy atom. The lowest BCUT2D eigenvalue weighted by Gasteiger charge is -2.22. The Morgan fingerprint density at radius 3 is 2.83 bits per heavy atom. The number of piperidine rings is 1. The number of nitrogens with one attached hydrogen (secondary N) is 2. The van der Waals surface area contributed by atoms with Gasteiger partial charge in [-0.25, -0.2) is 4.68 Å². The summed E-state index contributed by atoms with van der Waals surface area (Å²) in [6, 6.07) is 0. The molecule has 1 fully saturated rings. The average molecular weight is 253 g/mol. The molecule has 2 rings (SSSR count). The molecule has 0 aliphatic carbocycles. The van der Waals surface area contributed by atoms with E-state index in [2.05, 4.69) is 15.7 Å². The van der Waals surface area contributed by atoms with Gasteiger partial charge >= 0.3 is 5.69 Å². The van der Waals surface area contributed by atoms with Gasteiger partial charge in [-0.15, -0.1) is 0 Å². The van der Waals surface area contributed by atoms with Gasteiger partial charge in [-0.3, -0.25) is 10.1 Å². The zero-order chi connectivity index (χ0) is 13.1. The predicted octanol–water partition coefficient (Wildman–Crippen LogP) is 1.05. The number of rotatable bonds is 4. The quantitative estimate of drug-likeness (QED) is 0.619. The zero-order valence-corrected chi connectivity index (χ0v) is 10.8. The van der Waals surface area contributed by atoms with Crippen molar-refractivity contribution in [3.05, 3.63) is 15.8 Å². The molecule has 0 unspecified atom stereocenters. The summed E-state index contributed by atoms with van der Waals surface area (Å²) >= 11 is 0. The Labute approximate surface area is 106 Å². The second kappa shape index (κ2) is 5.34. The van der Waals surface area contributed by atoms with Crippen LogP contribution in [0.5, 0.6) is 0 Å². The van der Waals surface area contributed by atoms with E-state index >= 15 is 0 Å². The Hall–Kier alpha value is -1.63. The second-order valence-electron chi connectivity index (χ2n) is 4.74. The molecule has 0 atom stereocenters. The van der Waals surface area contributed by atoms with Gasteiger partial charge in [-0.05, 0) is 38.8 Å². The van der Waals surface area contributed by atoms with Crippen molar-refractivity contribution < 1.29 is 4.92 Å². The Kier molecular flexibility index (Phi) is 3.81. The normalized spacial score (nSPS) is 16.8. The number of hydrogen-bond acceptors (Lipinski definition) is 5. The predicted molar refractivity (Wildman–Crippen MR) is 68.7 cm³/mol. The van der Waals surface area contributed by atoms with Crippen LogP contribution in [0.2, 0.25) is 0 Å². The number of hydrogen-bond donors (Lipinski definition) is 2. The van der Waals surface area contributed by atoms with E-state index in [1.165, 1.54) is 0 Å². The number of anilines is 1. The van der Waals surface area contributed by atoms with Crippen molar-refractivity contribution in [1.82, 2.24) is 15.1 Å². The van der Waals surface area contributed by atoms with Crippen LogP contribution in [0.4, 0.5) is 11.5 Å². The van der Waals surface area contributed by atoms with Gasteiger partial charge < -0.3 is 10.6 Å². The van der Waals surface area contributed by atoms with Crippen molar-refractivity contribution in [3.8, 4) is 0 Å². The first-order chi connectivity index (χ1) is 8.59. The lowest BCUT2D eigenvalue weighted by Crippen LogP contribution is -2.31. The zero-order valence-electron chi connectivity index (χ0n) is 10.8. The first-order valence-electron chi connectivity index (χ1n) is 6.22. The molecule has 1 aliphatic heterocycles. The van der Waals surface area contributed by atoms with Gasteiger partial charge in [-0.2, -0.15) is 5.10 Å². The highest BCUT2D eigenvalue weighted by atomic mass is 16.6. The molecule has 2 N–H and O–H groups in total. The van der Waals surface area contributed by atoms with E-state index in [1.807, 2.05) is 0 Å². The molecule has 7 heteroatoms. The smallest absolute Gasteiger partial charge is 0.333 e. The van der Waals surface area contributed by atoms with Crippen LogP contribution >= 0.6 is 0 Å². The molecule has 0 bridgehead atoms. The van der Waals surface area contributed by atoms with Crippen LogP contribution in [0.25, 0.3) is 0 Å². The largest absolute Gasteiger partial charge is 0.364 e. The van der Waals surface area contributed by atoms with E-state index < -0.39 is 0 Å². The minimum absolute atomic E-state index is 0.0893. The molecule has 7 nitrogen and oxygen atoms in total. The van der Waals surface area contributed by atoms with Crippen molar-refractivity contribution in [2.45, 2.75) is 19.8 Å². The van der Waals surface area contributed by atoms with Crippen LogP contribution in [0, 0.1) is 23.0 Å². The highest BCUT2D eigenvalue weighted by Crippen LogP contribution is 2.27. The van der Waals surface area contributed by atoms with Gasteiger partial charge in [0.1, 0.15) is 5.69 Å². The van der Waals surface area contributed by atoms with Crippen LogP contribution in [0.1, 0.15) is 18.5 Å². The Balaban J connectivity index is 2.06. The summed E-state index contributed by atoms with van der Waals surface area (Å²) in [6.07, 6.45) is 2.22. The second-order valence-corrected chi connectivity index (χ2v) is 4.74. The van der Waals surface area contributed by atoms with Crippen LogP contribution in [-0.4, -0.2) is 34.3 Å². The van der Waals surface area contributed by atoms with Crippen molar-refractivity contribution in [3.63, 3.8) is 0 Å². The van der Waals surface area contributed by atoms with Gasteiger partial charge in [0.15, 0.2) is 0 Å². The molecule has 1 aromatic heterocycles. The summed E-state index contributed by atoms with van der Waals surface area (Å²) in [5.74, 6) is 1.08. The Morgan fingerprint density at radius 1 is 1.56 bits per heavy atom. The van der Waals surface area contributed by atoms with E-state index in [9.17, 15) is 10.1 Å². The highest BCUT2D eigenvalue weighted by Gasteiger charge is 2.24. The summed E-state index contributed by atoms with van der Waals surface area (Å²) in [4.78, 5) is 10.6. The van der Waals surface area contributed by atoms with E-state index in [0.29, 0.717) is 17.4 Å². The molecular formula is C11H19N5O2. The molecule has 1 aromatic rings. The number of aromatic nitrogens is 2. The molecule has 0 saturated carbocycles. The van der Waals surface area contributed by atoms with Gasteiger partial charge in [0.25, 0.3) is 0 Å². The third-order valence-corrected chi connectivity index (χ3v) is 3.39. The molecule has 2 heterocycles. The molecule has 0 spiro atoms. The SMILES string of the molecule is Cc1nn(C)c(NCC2CCNCC2)c1[N+](=O)[O-]. The van der Waals surface area contributed by atoms with E-state index in [1.54, 1.807) is 18.7 Å². The van der Waals surface area contributed by atoms with Crippen molar-refractivity contribution in [1.29, 1.82) is 0 Å². The first kappa shape index (κ1) is 12.8. The average Bonchev–Trinajstić information content (AvgIpc) is 2.62. The van der Waals surface area contributed by atoms with Crippen LogP contribution in [-0.2, 0) is 7.05 Å². The summed E-state index contributed by atoms with van der Waals surface area (Å²) < 4.78 is 1.55. The monoisotopic (exact) mass is 253 g/mol. The third-order valence-electron chi connectivity index (χ3n) is 3.39. The van der Waals surface area contributed by atoms with Crippen LogP contribution < -0.4 is 10.6 Å². The van der Waals surface area contributed by atoms with Gasteiger partial charge in [-0.1, -0.05) is 0 Å².